The first-order valence-electron chi connectivity index (χ1n) is 8.56. The predicted molar refractivity (Wildman–Crippen MR) is 93.9 cm³/mol. The van der Waals surface area contributed by atoms with Gasteiger partial charge in [0.1, 0.15) is 6.10 Å². The van der Waals surface area contributed by atoms with E-state index in [1.54, 1.807) is 0 Å². The van der Waals surface area contributed by atoms with E-state index in [0.717, 1.165) is 37.5 Å². The van der Waals surface area contributed by atoms with Gasteiger partial charge >= 0.3 is 0 Å². The molecule has 1 aliphatic rings. The first-order chi connectivity index (χ1) is 12.4. The third-order valence-electron chi connectivity index (χ3n) is 4.32. The average Bonchev–Trinajstić information content (AvgIpc) is 3.07. The van der Waals surface area contributed by atoms with Gasteiger partial charge in [0.05, 0.1) is 24.5 Å². The van der Waals surface area contributed by atoms with Gasteiger partial charge in [-0.1, -0.05) is 6.07 Å². The summed E-state index contributed by atoms with van der Waals surface area (Å²) >= 11 is 0. The summed E-state index contributed by atoms with van der Waals surface area (Å²) in [5.74, 6) is 0. The van der Waals surface area contributed by atoms with Crippen molar-refractivity contribution in [3.63, 3.8) is 0 Å². The third-order valence-corrected chi connectivity index (χ3v) is 4.32. The molecule has 3 aromatic heterocycles. The second-order valence-electron chi connectivity index (χ2n) is 6.15. The molecule has 0 saturated carbocycles. The van der Waals surface area contributed by atoms with Crippen LogP contribution in [0, 0.1) is 0 Å². The van der Waals surface area contributed by atoms with Gasteiger partial charge in [-0.3, -0.25) is 14.6 Å². The molecule has 0 aliphatic carbocycles. The molecule has 0 bridgehead atoms. The Bertz CT molecular complexity index is 803. The molecule has 128 valence electrons. The standard InChI is InChI=1S/C19H21N5O/c1-2-7-22-17(3-1)14-24-13-16-6-10-25-18(19(16)23-24)12-21-11-15-4-8-20-9-5-15/h1-5,7-9,13,18,21H,6,10-12,14H2/t18-/m0/s1. The van der Waals surface area contributed by atoms with E-state index in [4.69, 9.17) is 9.84 Å². The molecule has 6 heteroatoms. The van der Waals surface area contributed by atoms with Crippen molar-refractivity contribution in [2.45, 2.75) is 25.6 Å². The number of pyridine rings is 2. The molecule has 6 nitrogen and oxygen atoms in total. The summed E-state index contributed by atoms with van der Waals surface area (Å²) < 4.78 is 7.91. The van der Waals surface area contributed by atoms with Gasteiger partial charge in [-0.25, -0.2) is 0 Å². The number of rotatable bonds is 6. The Labute approximate surface area is 146 Å². The van der Waals surface area contributed by atoms with E-state index in [1.807, 2.05) is 53.6 Å². The maximum atomic E-state index is 5.94. The van der Waals surface area contributed by atoms with Gasteiger partial charge in [-0.2, -0.15) is 5.10 Å². The number of hydrogen-bond acceptors (Lipinski definition) is 5. The van der Waals surface area contributed by atoms with Crippen LogP contribution in [-0.4, -0.2) is 32.9 Å². The van der Waals surface area contributed by atoms with Gasteiger partial charge in [0.25, 0.3) is 0 Å². The molecule has 0 saturated heterocycles. The van der Waals surface area contributed by atoms with Crippen molar-refractivity contribution in [1.82, 2.24) is 25.1 Å². The Hall–Kier alpha value is -2.57. The predicted octanol–water partition coefficient (Wildman–Crippen LogP) is 2.12. The Balaban J connectivity index is 1.41. The van der Waals surface area contributed by atoms with E-state index in [2.05, 4.69) is 21.5 Å². The summed E-state index contributed by atoms with van der Waals surface area (Å²) in [4.78, 5) is 8.41. The number of nitrogens with zero attached hydrogens (tertiary/aromatic N) is 4. The summed E-state index contributed by atoms with van der Waals surface area (Å²) in [6.07, 6.45) is 8.47. The molecule has 0 unspecified atom stereocenters. The normalized spacial score (nSPS) is 16.6. The lowest BCUT2D eigenvalue weighted by molar-refractivity contribution is 0.0393. The van der Waals surface area contributed by atoms with Crippen molar-refractivity contribution < 1.29 is 4.74 Å². The largest absolute Gasteiger partial charge is 0.370 e. The monoisotopic (exact) mass is 335 g/mol. The van der Waals surface area contributed by atoms with Gasteiger partial charge in [-0.15, -0.1) is 0 Å². The maximum absolute atomic E-state index is 5.94. The lowest BCUT2D eigenvalue weighted by Crippen LogP contribution is -2.27. The van der Waals surface area contributed by atoms with Crippen molar-refractivity contribution in [3.8, 4) is 0 Å². The zero-order valence-electron chi connectivity index (χ0n) is 14.0. The van der Waals surface area contributed by atoms with E-state index >= 15 is 0 Å². The Kier molecular flexibility index (Phi) is 4.81. The van der Waals surface area contributed by atoms with E-state index in [1.165, 1.54) is 11.1 Å². The summed E-state index contributed by atoms with van der Waals surface area (Å²) in [5, 5.41) is 8.21. The number of hydrogen-bond donors (Lipinski definition) is 1. The molecule has 4 rings (SSSR count). The Morgan fingerprint density at radius 1 is 1.16 bits per heavy atom. The summed E-state index contributed by atoms with van der Waals surface area (Å²) in [5.41, 5.74) is 4.55. The van der Waals surface area contributed by atoms with Crippen LogP contribution in [-0.2, 0) is 24.2 Å². The van der Waals surface area contributed by atoms with Gasteiger partial charge < -0.3 is 10.1 Å². The van der Waals surface area contributed by atoms with E-state index in [-0.39, 0.29) is 6.10 Å². The van der Waals surface area contributed by atoms with Crippen LogP contribution < -0.4 is 5.32 Å². The lowest BCUT2D eigenvalue weighted by Gasteiger charge is -2.22. The highest BCUT2D eigenvalue weighted by Gasteiger charge is 2.24. The zero-order valence-corrected chi connectivity index (χ0v) is 14.0. The highest BCUT2D eigenvalue weighted by atomic mass is 16.5. The minimum Gasteiger partial charge on any atom is -0.370 e. The number of aromatic nitrogens is 4. The van der Waals surface area contributed by atoms with E-state index < -0.39 is 0 Å². The third kappa shape index (κ3) is 3.92. The van der Waals surface area contributed by atoms with Crippen molar-refractivity contribution >= 4 is 0 Å². The first-order valence-corrected chi connectivity index (χ1v) is 8.56. The summed E-state index contributed by atoms with van der Waals surface area (Å²) in [6.45, 7) is 2.97. The highest BCUT2D eigenvalue weighted by Crippen LogP contribution is 2.25. The van der Waals surface area contributed by atoms with Crippen LogP contribution >= 0.6 is 0 Å². The second-order valence-corrected chi connectivity index (χ2v) is 6.15. The minimum absolute atomic E-state index is 0.00410. The Morgan fingerprint density at radius 2 is 2.08 bits per heavy atom. The molecule has 1 aliphatic heterocycles. The van der Waals surface area contributed by atoms with E-state index in [0.29, 0.717) is 6.54 Å². The molecule has 1 atom stereocenters. The number of nitrogens with one attached hydrogen (secondary N) is 1. The second kappa shape index (κ2) is 7.55. The van der Waals surface area contributed by atoms with Crippen molar-refractivity contribution in [2.75, 3.05) is 13.2 Å². The zero-order chi connectivity index (χ0) is 16.9. The SMILES string of the molecule is c1ccc(Cn2cc3c(n2)[C@H](CNCc2ccncc2)OCC3)nc1. The summed E-state index contributed by atoms with van der Waals surface area (Å²) in [6, 6.07) is 9.98. The fourth-order valence-corrected chi connectivity index (χ4v) is 3.07. The highest BCUT2D eigenvalue weighted by molar-refractivity contribution is 5.23. The lowest BCUT2D eigenvalue weighted by atomic mass is 10.1. The average molecular weight is 335 g/mol. The van der Waals surface area contributed by atoms with Gasteiger partial charge in [0, 0.05) is 37.9 Å². The molecule has 0 fully saturated rings. The molecule has 0 spiro atoms. The Morgan fingerprint density at radius 3 is 2.92 bits per heavy atom. The molecule has 0 radical (unpaired) electrons. The minimum atomic E-state index is -0.00410. The molecule has 0 amide bonds. The molecular formula is C19H21N5O. The van der Waals surface area contributed by atoms with E-state index in [9.17, 15) is 0 Å². The van der Waals surface area contributed by atoms with Crippen LogP contribution in [0.25, 0.3) is 0 Å². The van der Waals surface area contributed by atoms with Crippen LogP contribution in [0.15, 0.2) is 55.1 Å². The first kappa shape index (κ1) is 15.9. The van der Waals surface area contributed by atoms with Crippen LogP contribution in [0.5, 0.6) is 0 Å². The molecule has 25 heavy (non-hydrogen) atoms. The van der Waals surface area contributed by atoms with Crippen LogP contribution in [0.1, 0.15) is 28.6 Å². The van der Waals surface area contributed by atoms with Crippen molar-refractivity contribution in [1.29, 1.82) is 0 Å². The van der Waals surface area contributed by atoms with Crippen molar-refractivity contribution in [2.24, 2.45) is 0 Å². The quantitative estimate of drug-likeness (QED) is 0.747. The molecule has 3 aromatic rings. The van der Waals surface area contributed by atoms with Gasteiger partial charge in [0.2, 0.25) is 0 Å². The fraction of sp³-hybridized carbons (Fsp3) is 0.316. The van der Waals surface area contributed by atoms with Crippen molar-refractivity contribution in [3.05, 3.63) is 77.6 Å². The molecule has 1 N–H and O–H groups in total. The van der Waals surface area contributed by atoms with Gasteiger partial charge in [-0.05, 0) is 41.8 Å². The maximum Gasteiger partial charge on any atom is 0.114 e. The number of ether oxygens (including phenoxy) is 1. The topological polar surface area (TPSA) is 64.9 Å². The van der Waals surface area contributed by atoms with Crippen LogP contribution in [0.3, 0.4) is 0 Å². The van der Waals surface area contributed by atoms with Crippen LogP contribution in [0.2, 0.25) is 0 Å². The fourth-order valence-electron chi connectivity index (χ4n) is 3.07. The molecule has 0 aromatic carbocycles. The molecular weight excluding hydrogens is 314 g/mol. The summed E-state index contributed by atoms with van der Waals surface area (Å²) in [7, 11) is 0. The van der Waals surface area contributed by atoms with Gasteiger partial charge in [0.15, 0.2) is 0 Å². The number of fused-ring (bicyclic) bond motifs is 1. The molecule has 4 heterocycles. The smallest absolute Gasteiger partial charge is 0.114 e. The van der Waals surface area contributed by atoms with Crippen LogP contribution in [0.4, 0.5) is 0 Å².